The lowest BCUT2D eigenvalue weighted by Gasteiger charge is -2.31. The second kappa shape index (κ2) is 4.90. The molecule has 0 aliphatic heterocycles. The first-order chi connectivity index (χ1) is 9.02. The second-order valence-corrected chi connectivity index (χ2v) is 6.94. The van der Waals surface area contributed by atoms with Crippen molar-refractivity contribution >= 4 is 0 Å². The number of halogens is 1. The van der Waals surface area contributed by atoms with Crippen LogP contribution in [-0.4, -0.2) is 10.7 Å². The molecule has 1 aromatic carbocycles. The van der Waals surface area contributed by atoms with Gasteiger partial charge in [0.15, 0.2) is 0 Å². The molecule has 2 aliphatic carbocycles. The number of rotatable bonds is 4. The minimum atomic E-state index is -0.660. The van der Waals surface area contributed by atoms with Gasteiger partial charge in [-0.3, -0.25) is 0 Å². The Kier molecular flexibility index (Phi) is 3.38. The molecular formula is C17H23FO. The van der Waals surface area contributed by atoms with E-state index in [9.17, 15) is 9.50 Å². The normalized spacial score (nSPS) is 32.5. The predicted molar refractivity (Wildman–Crippen MR) is 74.3 cm³/mol. The van der Waals surface area contributed by atoms with Gasteiger partial charge in [0.2, 0.25) is 0 Å². The summed E-state index contributed by atoms with van der Waals surface area (Å²) < 4.78 is 12.9. The second-order valence-electron chi connectivity index (χ2n) is 6.94. The number of hydrogen-bond donors (Lipinski definition) is 1. The minimum Gasteiger partial charge on any atom is -0.390 e. The van der Waals surface area contributed by atoms with E-state index in [2.05, 4.69) is 0 Å². The lowest BCUT2D eigenvalue weighted by Crippen LogP contribution is -2.32. The van der Waals surface area contributed by atoms with Crippen molar-refractivity contribution in [2.75, 3.05) is 0 Å². The van der Waals surface area contributed by atoms with E-state index in [1.807, 2.05) is 6.92 Å². The van der Waals surface area contributed by atoms with Gasteiger partial charge in [0.05, 0.1) is 5.60 Å². The van der Waals surface area contributed by atoms with Crippen LogP contribution in [0, 0.1) is 23.6 Å². The monoisotopic (exact) mass is 262 g/mol. The van der Waals surface area contributed by atoms with E-state index in [1.54, 1.807) is 12.1 Å². The van der Waals surface area contributed by atoms with Crippen LogP contribution in [0.4, 0.5) is 4.39 Å². The maximum Gasteiger partial charge on any atom is 0.123 e. The highest BCUT2D eigenvalue weighted by atomic mass is 19.1. The lowest BCUT2D eigenvalue weighted by atomic mass is 9.79. The number of aliphatic hydroxyl groups is 1. The summed E-state index contributed by atoms with van der Waals surface area (Å²) in [6.07, 6.45) is 6.98. The van der Waals surface area contributed by atoms with Crippen molar-refractivity contribution in [1.82, 2.24) is 0 Å². The van der Waals surface area contributed by atoms with Crippen LogP contribution in [0.15, 0.2) is 24.3 Å². The van der Waals surface area contributed by atoms with Crippen molar-refractivity contribution in [3.63, 3.8) is 0 Å². The van der Waals surface area contributed by atoms with Gasteiger partial charge in [-0.2, -0.15) is 0 Å². The quantitative estimate of drug-likeness (QED) is 0.871. The number of benzene rings is 1. The van der Waals surface area contributed by atoms with Gasteiger partial charge in [-0.1, -0.05) is 18.6 Å². The molecule has 2 aliphatic rings. The fourth-order valence-corrected chi connectivity index (χ4v) is 4.31. The molecule has 0 heterocycles. The molecule has 1 nitrogen and oxygen atoms in total. The Morgan fingerprint density at radius 1 is 1.21 bits per heavy atom. The molecule has 2 fully saturated rings. The maximum atomic E-state index is 12.9. The zero-order valence-corrected chi connectivity index (χ0v) is 11.6. The van der Waals surface area contributed by atoms with E-state index in [-0.39, 0.29) is 5.82 Å². The van der Waals surface area contributed by atoms with Crippen LogP contribution >= 0.6 is 0 Å². The van der Waals surface area contributed by atoms with Gasteiger partial charge in [0, 0.05) is 6.42 Å². The topological polar surface area (TPSA) is 20.2 Å². The molecule has 19 heavy (non-hydrogen) atoms. The summed E-state index contributed by atoms with van der Waals surface area (Å²) in [7, 11) is 0. The van der Waals surface area contributed by atoms with Gasteiger partial charge in [0.1, 0.15) is 5.82 Å². The van der Waals surface area contributed by atoms with E-state index in [1.165, 1.54) is 37.8 Å². The van der Waals surface area contributed by atoms with Crippen molar-refractivity contribution in [3.05, 3.63) is 35.6 Å². The van der Waals surface area contributed by atoms with Crippen molar-refractivity contribution in [2.45, 2.75) is 51.0 Å². The lowest BCUT2D eigenvalue weighted by molar-refractivity contribution is 0.0246. The van der Waals surface area contributed by atoms with Crippen LogP contribution in [0.25, 0.3) is 0 Å². The van der Waals surface area contributed by atoms with Crippen molar-refractivity contribution in [3.8, 4) is 0 Å². The van der Waals surface area contributed by atoms with E-state index in [0.29, 0.717) is 12.3 Å². The van der Waals surface area contributed by atoms with E-state index in [0.717, 1.165) is 23.8 Å². The van der Waals surface area contributed by atoms with Gasteiger partial charge in [0.25, 0.3) is 0 Å². The first-order valence-electron chi connectivity index (χ1n) is 7.49. The first kappa shape index (κ1) is 13.1. The van der Waals surface area contributed by atoms with E-state index < -0.39 is 5.60 Å². The predicted octanol–water partition coefficient (Wildman–Crippen LogP) is 3.95. The van der Waals surface area contributed by atoms with Crippen LogP contribution in [0.1, 0.15) is 44.6 Å². The molecule has 4 unspecified atom stereocenters. The number of fused-ring (bicyclic) bond motifs is 2. The third-order valence-electron chi connectivity index (χ3n) is 5.08. The van der Waals surface area contributed by atoms with Crippen LogP contribution in [0.5, 0.6) is 0 Å². The summed E-state index contributed by atoms with van der Waals surface area (Å²) in [6.45, 7) is 1.93. The zero-order valence-electron chi connectivity index (χ0n) is 11.6. The molecule has 1 aromatic rings. The molecule has 1 N–H and O–H groups in total. The fourth-order valence-electron chi connectivity index (χ4n) is 4.31. The minimum absolute atomic E-state index is 0.212. The van der Waals surface area contributed by atoms with Crippen molar-refractivity contribution in [1.29, 1.82) is 0 Å². The Bertz CT molecular complexity index is 437. The van der Waals surface area contributed by atoms with Crippen molar-refractivity contribution < 1.29 is 9.50 Å². The zero-order chi connectivity index (χ0) is 13.5. The molecule has 0 amide bonds. The maximum absolute atomic E-state index is 12.9. The summed E-state index contributed by atoms with van der Waals surface area (Å²) in [5.41, 5.74) is 0.363. The van der Waals surface area contributed by atoms with E-state index >= 15 is 0 Å². The highest BCUT2D eigenvalue weighted by Gasteiger charge is 2.41. The van der Waals surface area contributed by atoms with Gasteiger partial charge in [-0.05, 0) is 68.1 Å². The Labute approximate surface area is 114 Å². The highest BCUT2D eigenvalue weighted by molar-refractivity contribution is 5.18. The molecule has 0 aromatic heterocycles. The molecule has 2 heteroatoms. The average Bonchev–Trinajstić information content (AvgIpc) is 2.93. The molecule has 0 radical (unpaired) electrons. The van der Waals surface area contributed by atoms with Crippen LogP contribution < -0.4 is 0 Å². The first-order valence-corrected chi connectivity index (χ1v) is 7.49. The largest absolute Gasteiger partial charge is 0.390 e. The summed E-state index contributed by atoms with van der Waals surface area (Å²) in [6, 6.07) is 6.51. The standard InChI is InChI=1S/C17H23FO/c1-17(19,10-12-3-6-16(18)7-4-12)11-15-9-13-2-5-14(15)8-13/h3-4,6-7,13-15,19H,2,5,8-11H2,1H3. The summed E-state index contributed by atoms with van der Waals surface area (Å²) in [4.78, 5) is 0. The Morgan fingerprint density at radius 3 is 2.53 bits per heavy atom. The van der Waals surface area contributed by atoms with Gasteiger partial charge in [-0.15, -0.1) is 0 Å². The van der Waals surface area contributed by atoms with E-state index in [4.69, 9.17) is 0 Å². The Hall–Kier alpha value is -0.890. The smallest absolute Gasteiger partial charge is 0.123 e. The summed E-state index contributed by atoms with van der Waals surface area (Å²) in [5.74, 6) is 2.27. The number of hydrogen-bond acceptors (Lipinski definition) is 1. The Balaban J connectivity index is 1.61. The molecule has 104 valence electrons. The third-order valence-corrected chi connectivity index (χ3v) is 5.08. The molecule has 4 atom stereocenters. The molecule has 0 saturated heterocycles. The van der Waals surface area contributed by atoms with Crippen LogP contribution in [-0.2, 0) is 6.42 Å². The van der Waals surface area contributed by atoms with Crippen LogP contribution in [0.3, 0.4) is 0 Å². The third kappa shape index (κ3) is 3.00. The SMILES string of the molecule is CC(O)(Cc1ccc(F)cc1)CC1CC2CCC1C2. The van der Waals surface area contributed by atoms with Gasteiger partial charge < -0.3 is 5.11 Å². The Morgan fingerprint density at radius 2 is 1.95 bits per heavy atom. The molecule has 3 rings (SSSR count). The summed E-state index contributed by atoms with van der Waals surface area (Å²) >= 11 is 0. The van der Waals surface area contributed by atoms with Gasteiger partial charge in [-0.25, -0.2) is 4.39 Å². The fraction of sp³-hybridized carbons (Fsp3) is 0.647. The summed E-state index contributed by atoms with van der Waals surface area (Å²) in [5, 5.41) is 10.6. The molecule has 2 bridgehead atoms. The molecular weight excluding hydrogens is 239 g/mol. The highest BCUT2D eigenvalue weighted by Crippen LogP contribution is 2.50. The molecule has 0 spiro atoms. The molecule has 2 saturated carbocycles. The van der Waals surface area contributed by atoms with Crippen LogP contribution in [0.2, 0.25) is 0 Å². The van der Waals surface area contributed by atoms with Gasteiger partial charge >= 0.3 is 0 Å². The average molecular weight is 262 g/mol. The van der Waals surface area contributed by atoms with Crippen molar-refractivity contribution in [2.24, 2.45) is 17.8 Å².